The molecular weight excluding hydrogens is 624 g/mol. The molecule has 4 aromatic rings. The second-order valence-electron chi connectivity index (χ2n) is 10.8. The predicted octanol–water partition coefficient (Wildman–Crippen LogP) is 7.04. The lowest BCUT2D eigenvalue weighted by molar-refractivity contribution is -0.384. The Labute approximate surface area is 266 Å². The summed E-state index contributed by atoms with van der Waals surface area (Å²) >= 11 is 0. The zero-order valence-electron chi connectivity index (χ0n) is 25.4. The van der Waals surface area contributed by atoms with Crippen LogP contribution in [-0.2, 0) is 17.8 Å². The Morgan fingerprint density at radius 1 is 0.681 bits per heavy atom. The third-order valence-corrected chi connectivity index (χ3v) is 6.03. The number of carbonyl (C=O) groups excluding carboxylic acids is 3. The van der Waals surface area contributed by atoms with E-state index in [0.29, 0.717) is 11.3 Å². The molecule has 4 aromatic carbocycles. The summed E-state index contributed by atoms with van der Waals surface area (Å²) < 4.78 is 59.1. The number of halogens is 4. The van der Waals surface area contributed by atoms with Crippen molar-refractivity contribution in [3.05, 3.63) is 141 Å². The first kappa shape index (κ1) is 35.7. The Hall–Kier alpha value is -5.79. The molecule has 246 valence electrons. The first-order valence-corrected chi connectivity index (χ1v) is 13.9. The van der Waals surface area contributed by atoms with Crippen molar-refractivity contribution in [3.63, 3.8) is 0 Å². The molecule has 0 fully saturated rings. The van der Waals surface area contributed by atoms with E-state index < -0.39 is 62.8 Å². The van der Waals surface area contributed by atoms with E-state index in [2.05, 4.69) is 16.0 Å². The number of amides is 3. The molecule has 0 spiro atoms. The van der Waals surface area contributed by atoms with Crippen molar-refractivity contribution in [2.75, 3.05) is 5.32 Å². The maximum Gasteiger partial charge on any atom is 0.407 e. The number of non-ortho nitro benzene ring substituents is 1. The number of nitrogens with one attached hydrogen (secondary N) is 3. The van der Waals surface area contributed by atoms with Gasteiger partial charge in [-0.05, 0) is 68.3 Å². The second kappa shape index (κ2) is 16.0. The third kappa shape index (κ3) is 11.0. The monoisotopic (exact) mass is 654 g/mol. The van der Waals surface area contributed by atoms with Crippen LogP contribution >= 0.6 is 0 Å². The van der Waals surface area contributed by atoms with Crippen LogP contribution in [0.1, 0.15) is 52.6 Å². The quantitative estimate of drug-likeness (QED) is 0.106. The second-order valence-corrected chi connectivity index (χ2v) is 10.8. The minimum absolute atomic E-state index is 0.00457. The fourth-order valence-electron chi connectivity index (χ4n) is 3.82. The van der Waals surface area contributed by atoms with Gasteiger partial charge in [0.2, 0.25) is 0 Å². The van der Waals surface area contributed by atoms with Crippen LogP contribution < -0.4 is 16.0 Å². The van der Waals surface area contributed by atoms with Gasteiger partial charge in [-0.2, -0.15) is 0 Å². The van der Waals surface area contributed by atoms with Crippen molar-refractivity contribution in [1.82, 2.24) is 10.6 Å². The standard InChI is InChI=1S/C19H20F2N2O3.C14H10F2N2O3/c1-19(2,3)26-18(25)22-11-12-7-9-13(10-8-12)23-17(24)16-14(20)5-4-6-15(16)21;15-11-2-1-3-12(16)13(11)14(19)17-8-9-4-6-10(7-5-9)18(20)21/h4-10H,11H2,1-3H3,(H,22,25)(H,23,24);1-7H,8H2,(H,17,19). The number of rotatable bonds is 8. The van der Waals surface area contributed by atoms with Gasteiger partial charge in [-0.3, -0.25) is 19.7 Å². The number of hydrogen-bond acceptors (Lipinski definition) is 6. The molecule has 0 aliphatic rings. The van der Waals surface area contributed by atoms with E-state index in [0.717, 1.165) is 35.9 Å². The maximum absolute atomic E-state index is 13.6. The lowest BCUT2D eigenvalue weighted by Gasteiger charge is -2.19. The first-order chi connectivity index (χ1) is 22.1. The number of nitrogens with zero attached hydrogens (tertiary/aromatic N) is 1. The number of carbonyl (C=O) groups is 3. The summed E-state index contributed by atoms with van der Waals surface area (Å²) in [5, 5.41) is 17.9. The summed E-state index contributed by atoms with van der Waals surface area (Å²) in [6.07, 6.45) is -0.537. The normalized spacial score (nSPS) is 10.6. The van der Waals surface area contributed by atoms with Crippen LogP contribution in [-0.4, -0.2) is 28.4 Å². The Morgan fingerprint density at radius 2 is 1.11 bits per heavy atom. The fourth-order valence-corrected chi connectivity index (χ4v) is 3.82. The molecule has 0 saturated heterocycles. The van der Waals surface area contributed by atoms with E-state index in [-0.39, 0.29) is 18.8 Å². The molecule has 3 N–H and O–H groups in total. The summed E-state index contributed by atoms with van der Waals surface area (Å²) in [5.41, 5.74) is -0.233. The smallest absolute Gasteiger partial charge is 0.407 e. The molecule has 0 aliphatic carbocycles. The third-order valence-electron chi connectivity index (χ3n) is 6.03. The number of ether oxygens (including phenoxy) is 1. The molecule has 0 bridgehead atoms. The Balaban J connectivity index is 0.000000261. The lowest BCUT2D eigenvalue weighted by atomic mass is 10.1. The SMILES string of the molecule is CC(C)(C)OC(=O)NCc1ccc(NC(=O)c2c(F)cccc2F)cc1.O=C(NCc1ccc([N+](=O)[O-])cc1)c1c(F)cccc1F. The highest BCUT2D eigenvalue weighted by molar-refractivity contribution is 6.04. The van der Waals surface area contributed by atoms with Gasteiger partial charge in [-0.15, -0.1) is 0 Å². The predicted molar refractivity (Wildman–Crippen MR) is 164 cm³/mol. The molecule has 0 heterocycles. The molecule has 0 saturated carbocycles. The van der Waals surface area contributed by atoms with Crippen molar-refractivity contribution >= 4 is 29.3 Å². The minimum atomic E-state index is -0.948. The van der Waals surface area contributed by atoms with Crippen molar-refractivity contribution in [2.24, 2.45) is 0 Å². The Bertz CT molecular complexity index is 1700. The maximum atomic E-state index is 13.6. The molecule has 0 aliphatic heterocycles. The van der Waals surface area contributed by atoms with Gasteiger partial charge in [-0.1, -0.05) is 36.4 Å². The minimum Gasteiger partial charge on any atom is -0.444 e. The molecule has 3 amide bonds. The van der Waals surface area contributed by atoms with Crippen LogP contribution in [0.15, 0.2) is 84.9 Å². The van der Waals surface area contributed by atoms with E-state index >= 15 is 0 Å². The van der Waals surface area contributed by atoms with Gasteiger partial charge < -0.3 is 20.7 Å². The molecule has 0 atom stereocenters. The number of nitro groups is 1. The van der Waals surface area contributed by atoms with Crippen LogP contribution in [0.4, 0.5) is 33.7 Å². The van der Waals surface area contributed by atoms with E-state index in [9.17, 15) is 42.1 Å². The molecule has 0 unspecified atom stereocenters. The Kier molecular flexibility index (Phi) is 12.1. The van der Waals surface area contributed by atoms with Crippen molar-refractivity contribution in [2.45, 2.75) is 39.5 Å². The van der Waals surface area contributed by atoms with Crippen LogP contribution in [0.3, 0.4) is 0 Å². The zero-order valence-corrected chi connectivity index (χ0v) is 25.4. The van der Waals surface area contributed by atoms with Crippen molar-refractivity contribution in [1.29, 1.82) is 0 Å². The topological polar surface area (TPSA) is 140 Å². The molecule has 10 nitrogen and oxygen atoms in total. The molecular formula is C33H30F4N4O6. The highest BCUT2D eigenvalue weighted by atomic mass is 19.1. The van der Waals surface area contributed by atoms with E-state index in [4.69, 9.17) is 4.74 Å². The van der Waals surface area contributed by atoms with Gasteiger partial charge in [0.05, 0.1) is 4.92 Å². The average molecular weight is 655 g/mol. The summed E-state index contributed by atoms with van der Waals surface area (Å²) in [4.78, 5) is 45.3. The fraction of sp³-hybridized carbons (Fsp3) is 0.182. The van der Waals surface area contributed by atoms with E-state index in [1.807, 2.05) is 0 Å². The highest BCUT2D eigenvalue weighted by Gasteiger charge is 2.19. The van der Waals surface area contributed by atoms with Crippen LogP contribution in [0, 0.1) is 33.4 Å². The van der Waals surface area contributed by atoms with Gasteiger partial charge in [0.15, 0.2) is 0 Å². The first-order valence-electron chi connectivity index (χ1n) is 13.9. The number of alkyl carbamates (subject to hydrolysis) is 1. The number of nitro benzene ring substituents is 1. The van der Waals surface area contributed by atoms with Gasteiger partial charge in [0.1, 0.15) is 40.0 Å². The van der Waals surface area contributed by atoms with Gasteiger partial charge in [0, 0.05) is 30.9 Å². The van der Waals surface area contributed by atoms with Crippen LogP contribution in [0.2, 0.25) is 0 Å². The highest BCUT2D eigenvalue weighted by Crippen LogP contribution is 2.17. The summed E-state index contributed by atoms with van der Waals surface area (Å²) in [6.45, 7) is 5.54. The summed E-state index contributed by atoms with van der Waals surface area (Å²) in [6, 6.07) is 18.3. The number of benzene rings is 4. The van der Waals surface area contributed by atoms with E-state index in [1.54, 1.807) is 45.0 Å². The van der Waals surface area contributed by atoms with Gasteiger partial charge >= 0.3 is 6.09 Å². The van der Waals surface area contributed by atoms with Gasteiger partial charge in [-0.25, -0.2) is 22.4 Å². The van der Waals surface area contributed by atoms with Crippen molar-refractivity contribution in [3.8, 4) is 0 Å². The lowest BCUT2D eigenvalue weighted by Crippen LogP contribution is -2.32. The van der Waals surface area contributed by atoms with Crippen molar-refractivity contribution < 1.29 is 41.6 Å². The zero-order chi connectivity index (χ0) is 34.7. The van der Waals surface area contributed by atoms with Gasteiger partial charge in [0.25, 0.3) is 17.5 Å². The molecule has 4 rings (SSSR count). The molecule has 47 heavy (non-hydrogen) atoms. The average Bonchev–Trinajstić information content (AvgIpc) is 2.99. The largest absolute Gasteiger partial charge is 0.444 e. The number of hydrogen-bond donors (Lipinski definition) is 3. The molecule has 0 radical (unpaired) electrons. The van der Waals surface area contributed by atoms with E-state index in [1.165, 1.54) is 30.3 Å². The Morgan fingerprint density at radius 3 is 1.55 bits per heavy atom. The van der Waals surface area contributed by atoms with Crippen LogP contribution in [0.25, 0.3) is 0 Å². The van der Waals surface area contributed by atoms with Crippen LogP contribution in [0.5, 0.6) is 0 Å². The summed E-state index contributed by atoms with van der Waals surface area (Å²) in [7, 11) is 0. The summed E-state index contributed by atoms with van der Waals surface area (Å²) in [5.74, 6) is -5.52. The molecule has 0 aromatic heterocycles. The molecule has 14 heteroatoms. The number of anilines is 1.